The smallest absolute Gasteiger partial charge is 0.240 e. The normalized spacial score (nSPS) is 12.0. The largest absolute Gasteiger partial charge is 0.368 e. The van der Waals surface area contributed by atoms with Crippen molar-refractivity contribution in [3.63, 3.8) is 0 Å². The molecule has 6 heteroatoms. The fraction of sp³-hybridized carbons (Fsp3) is 0.167. The first-order valence-electron chi connectivity index (χ1n) is 7.66. The Morgan fingerprint density at radius 3 is 2.71 bits per heavy atom. The van der Waals surface area contributed by atoms with Crippen molar-refractivity contribution in [1.82, 2.24) is 15.3 Å². The van der Waals surface area contributed by atoms with Gasteiger partial charge in [-0.05, 0) is 16.3 Å². The van der Waals surface area contributed by atoms with Gasteiger partial charge < -0.3 is 16.0 Å². The van der Waals surface area contributed by atoms with Gasteiger partial charge in [-0.3, -0.25) is 9.59 Å². The van der Waals surface area contributed by atoms with E-state index >= 15 is 0 Å². The molecule has 3 rings (SSSR count). The molecule has 0 aliphatic carbocycles. The molecule has 24 heavy (non-hydrogen) atoms. The Morgan fingerprint density at radius 1 is 1.17 bits per heavy atom. The summed E-state index contributed by atoms with van der Waals surface area (Å²) in [5.74, 6) is -0.814. The van der Waals surface area contributed by atoms with Crippen LogP contribution in [0.3, 0.4) is 0 Å². The number of nitrogens with one attached hydrogen (secondary N) is 2. The Labute approximate surface area is 139 Å². The van der Waals surface area contributed by atoms with Crippen molar-refractivity contribution in [2.45, 2.75) is 18.9 Å². The van der Waals surface area contributed by atoms with E-state index in [2.05, 4.69) is 15.3 Å². The Kier molecular flexibility index (Phi) is 4.56. The number of amides is 2. The summed E-state index contributed by atoms with van der Waals surface area (Å²) in [5.41, 5.74) is 7.05. The van der Waals surface area contributed by atoms with Crippen molar-refractivity contribution < 1.29 is 9.59 Å². The number of hydrogen-bond donors (Lipinski definition) is 3. The van der Waals surface area contributed by atoms with Gasteiger partial charge in [0.1, 0.15) is 6.04 Å². The fourth-order valence-electron chi connectivity index (χ4n) is 2.70. The maximum absolute atomic E-state index is 12.4. The van der Waals surface area contributed by atoms with Crippen LogP contribution in [0.1, 0.15) is 11.3 Å². The lowest BCUT2D eigenvalue weighted by molar-refractivity contribution is -0.127. The third-order valence-electron chi connectivity index (χ3n) is 3.89. The van der Waals surface area contributed by atoms with Gasteiger partial charge in [-0.25, -0.2) is 4.98 Å². The topological polar surface area (TPSA) is 101 Å². The van der Waals surface area contributed by atoms with Crippen molar-refractivity contribution in [1.29, 1.82) is 0 Å². The lowest BCUT2D eigenvalue weighted by atomic mass is 10.0. The second-order valence-corrected chi connectivity index (χ2v) is 5.62. The number of nitrogens with zero attached hydrogens (tertiary/aromatic N) is 1. The molecule has 2 amide bonds. The molecule has 2 aromatic carbocycles. The number of hydrogen-bond acceptors (Lipinski definition) is 3. The minimum atomic E-state index is -0.770. The number of benzene rings is 2. The molecule has 0 aliphatic rings. The summed E-state index contributed by atoms with van der Waals surface area (Å²) in [6, 6.07) is 12.9. The van der Waals surface area contributed by atoms with E-state index in [1.165, 1.54) is 6.33 Å². The number of primary amides is 1. The summed E-state index contributed by atoms with van der Waals surface area (Å²) in [5, 5.41) is 4.81. The first-order valence-corrected chi connectivity index (χ1v) is 7.66. The van der Waals surface area contributed by atoms with Gasteiger partial charge in [-0.1, -0.05) is 42.5 Å². The Bertz CT molecular complexity index is 853. The third-order valence-corrected chi connectivity index (χ3v) is 3.89. The lowest BCUT2D eigenvalue weighted by Crippen LogP contribution is -2.46. The molecule has 122 valence electrons. The van der Waals surface area contributed by atoms with Crippen molar-refractivity contribution in [3.05, 3.63) is 66.2 Å². The molecule has 6 nitrogen and oxygen atoms in total. The van der Waals surface area contributed by atoms with Gasteiger partial charge in [-0.2, -0.15) is 0 Å². The van der Waals surface area contributed by atoms with Crippen LogP contribution in [0.4, 0.5) is 0 Å². The maximum atomic E-state index is 12.4. The predicted molar refractivity (Wildman–Crippen MR) is 91.1 cm³/mol. The van der Waals surface area contributed by atoms with Gasteiger partial charge in [0.05, 0.1) is 12.7 Å². The van der Waals surface area contributed by atoms with E-state index in [1.807, 2.05) is 42.5 Å². The molecule has 0 bridgehead atoms. The molecule has 1 aromatic heterocycles. The van der Waals surface area contributed by atoms with E-state index in [0.717, 1.165) is 22.0 Å². The van der Waals surface area contributed by atoms with Gasteiger partial charge in [0.2, 0.25) is 11.8 Å². The Balaban J connectivity index is 1.72. The first kappa shape index (κ1) is 15.7. The molecule has 0 saturated carbocycles. The number of aromatic nitrogens is 2. The highest BCUT2D eigenvalue weighted by atomic mass is 16.2. The van der Waals surface area contributed by atoms with Crippen LogP contribution in [0, 0.1) is 0 Å². The van der Waals surface area contributed by atoms with Crippen molar-refractivity contribution in [3.8, 4) is 0 Å². The molecule has 1 atom stereocenters. The highest BCUT2D eigenvalue weighted by Crippen LogP contribution is 2.18. The van der Waals surface area contributed by atoms with Crippen LogP contribution < -0.4 is 11.1 Å². The first-order chi connectivity index (χ1) is 11.6. The molecule has 0 unspecified atom stereocenters. The zero-order valence-corrected chi connectivity index (χ0v) is 13.0. The van der Waals surface area contributed by atoms with Crippen LogP contribution in [0.25, 0.3) is 10.8 Å². The van der Waals surface area contributed by atoms with Gasteiger partial charge in [0.15, 0.2) is 0 Å². The van der Waals surface area contributed by atoms with E-state index in [9.17, 15) is 9.59 Å². The minimum Gasteiger partial charge on any atom is -0.368 e. The Morgan fingerprint density at radius 2 is 1.96 bits per heavy atom. The molecule has 3 aromatic rings. The van der Waals surface area contributed by atoms with Gasteiger partial charge in [0.25, 0.3) is 0 Å². The number of carbonyl (C=O) groups excluding carboxylic acids is 2. The molecule has 0 aliphatic heterocycles. The molecule has 0 saturated heterocycles. The highest BCUT2D eigenvalue weighted by molar-refractivity contribution is 5.92. The van der Waals surface area contributed by atoms with Gasteiger partial charge in [-0.15, -0.1) is 0 Å². The summed E-state index contributed by atoms with van der Waals surface area (Å²) in [7, 11) is 0. The SMILES string of the molecule is NC(=O)[C@H](Cc1cnc[nH]1)NC(=O)Cc1cccc2ccccc12. The molecule has 0 spiro atoms. The molecule has 4 N–H and O–H groups in total. The second-order valence-electron chi connectivity index (χ2n) is 5.62. The minimum absolute atomic E-state index is 0.189. The van der Waals surface area contributed by atoms with E-state index in [-0.39, 0.29) is 18.7 Å². The Hall–Kier alpha value is -3.15. The van der Waals surface area contributed by atoms with E-state index < -0.39 is 11.9 Å². The maximum Gasteiger partial charge on any atom is 0.240 e. The molecular weight excluding hydrogens is 304 g/mol. The fourth-order valence-corrected chi connectivity index (χ4v) is 2.70. The zero-order valence-electron chi connectivity index (χ0n) is 13.0. The van der Waals surface area contributed by atoms with E-state index in [0.29, 0.717) is 0 Å². The number of nitrogens with two attached hydrogens (primary N) is 1. The quantitative estimate of drug-likeness (QED) is 0.638. The highest BCUT2D eigenvalue weighted by Gasteiger charge is 2.19. The lowest BCUT2D eigenvalue weighted by Gasteiger charge is -2.15. The van der Waals surface area contributed by atoms with Crippen molar-refractivity contribution in [2.75, 3.05) is 0 Å². The average molecular weight is 322 g/mol. The van der Waals surface area contributed by atoms with Gasteiger partial charge >= 0.3 is 0 Å². The number of imidazole rings is 1. The van der Waals surface area contributed by atoms with Crippen LogP contribution in [0.2, 0.25) is 0 Å². The number of carbonyl (C=O) groups is 2. The summed E-state index contributed by atoms with van der Waals surface area (Å²) < 4.78 is 0. The number of fused-ring (bicyclic) bond motifs is 1. The van der Waals surface area contributed by atoms with Crippen LogP contribution in [-0.2, 0) is 22.4 Å². The van der Waals surface area contributed by atoms with Crippen molar-refractivity contribution >= 4 is 22.6 Å². The second kappa shape index (κ2) is 6.95. The van der Waals surface area contributed by atoms with Crippen LogP contribution in [0.15, 0.2) is 55.0 Å². The number of aromatic amines is 1. The number of H-pyrrole nitrogens is 1. The number of rotatable bonds is 6. The molecule has 1 heterocycles. The van der Waals surface area contributed by atoms with E-state index in [4.69, 9.17) is 5.73 Å². The predicted octanol–water partition coefficient (Wildman–Crippen LogP) is 1.32. The zero-order chi connectivity index (χ0) is 16.9. The third kappa shape index (κ3) is 3.60. The van der Waals surface area contributed by atoms with Crippen LogP contribution in [0.5, 0.6) is 0 Å². The van der Waals surface area contributed by atoms with Crippen LogP contribution >= 0.6 is 0 Å². The molecular formula is C18H18N4O2. The van der Waals surface area contributed by atoms with Crippen LogP contribution in [-0.4, -0.2) is 27.8 Å². The average Bonchev–Trinajstić information content (AvgIpc) is 3.07. The van der Waals surface area contributed by atoms with Gasteiger partial charge in [0, 0.05) is 18.3 Å². The molecule has 0 fully saturated rings. The summed E-state index contributed by atoms with van der Waals surface area (Å²) in [6.07, 6.45) is 3.60. The van der Waals surface area contributed by atoms with Crippen molar-refractivity contribution in [2.24, 2.45) is 5.73 Å². The summed E-state index contributed by atoms with van der Waals surface area (Å²) >= 11 is 0. The standard InChI is InChI=1S/C18H18N4O2/c19-18(24)16(9-14-10-20-11-21-14)22-17(23)8-13-6-3-5-12-4-1-2-7-15(12)13/h1-7,10-11,16H,8-9H2,(H2,19,24)(H,20,21)(H,22,23)/t16-/m0/s1. The van der Waals surface area contributed by atoms with E-state index in [1.54, 1.807) is 6.20 Å². The summed E-state index contributed by atoms with van der Waals surface area (Å²) in [6.45, 7) is 0. The molecule has 0 radical (unpaired) electrons. The monoisotopic (exact) mass is 322 g/mol. The summed E-state index contributed by atoms with van der Waals surface area (Å²) in [4.78, 5) is 30.7.